The Balaban J connectivity index is 2.19. The molecule has 0 aliphatic heterocycles. The number of hydrogen-bond donors (Lipinski definition) is 1. The lowest BCUT2D eigenvalue weighted by Crippen LogP contribution is -2.28. The van der Waals surface area contributed by atoms with Gasteiger partial charge in [0.25, 0.3) is 0 Å². The van der Waals surface area contributed by atoms with Crippen molar-refractivity contribution in [1.29, 1.82) is 0 Å². The number of amides is 1. The zero-order chi connectivity index (χ0) is 15.6. The van der Waals surface area contributed by atoms with Crippen molar-refractivity contribution in [3.8, 4) is 0 Å². The van der Waals surface area contributed by atoms with E-state index in [0.29, 0.717) is 22.8 Å². The van der Waals surface area contributed by atoms with Crippen LogP contribution in [-0.2, 0) is 11.2 Å². The first-order chi connectivity index (χ1) is 9.88. The highest BCUT2D eigenvalue weighted by Crippen LogP contribution is 2.26. The molecule has 0 heterocycles. The number of likely N-dealkylation sites (N-methyl/N-ethyl adjacent to an activating group) is 1. The Morgan fingerprint density at radius 3 is 2.52 bits per heavy atom. The van der Waals surface area contributed by atoms with Crippen molar-refractivity contribution in [3.05, 3.63) is 58.1 Å². The number of halogens is 1. The van der Waals surface area contributed by atoms with Crippen LogP contribution in [0.3, 0.4) is 0 Å². The van der Waals surface area contributed by atoms with Gasteiger partial charge in [-0.05, 0) is 48.7 Å². The summed E-state index contributed by atoms with van der Waals surface area (Å²) < 4.78 is 0. The van der Waals surface area contributed by atoms with Crippen LogP contribution in [0, 0.1) is 13.8 Å². The summed E-state index contributed by atoms with van der Waals surface area (Å²) in [6.45, 7) is 4.10. The van der Waals surface area contributed by atoms with E-state index in [1.54, 1.807) is 30.1 Å². The molecule has 2 aromatic carbocycles. The van der Waals surface area contributed by atoms with Gasteiger partial charge in [-0.15, -0.1) is 0 Å². The molecule has 0 saturated heterocycles. The van der Waals surface area contributed by atoms with Gasteiger partial charge in [-0.2, -0.15) is 0 Å². The van der Waals surface area contributed by atoms with E-state index in [1.165, 1.54) is 11.1 Å². The van der Waals surface area contributed by atoms with Crippen LogP contribution in [0.5, 0.6) is 0 Å². The van der Waals surface area contributed by atoms with Gasteiger partial charge in [-0.1, -0.05) is 29.8 Å². The average molecular weight is 303 g/mol. The molecule has 1 amide bonds. The first-order valence-electron chi connectivity index (χ1n) is 6.76. The first kappa shape index (κ1) is 15.4. The Hall–Kier alpha value is -2.00. The van der Waals surface area contributed by atoms with Crippen molar-refractivity contribution in [3.63, 3.8) is 0 Å². The molecule has 0 atom stereocenters. The fraction of sp³-hybridized carbons (Fsp3) is 0.235. The Labute approximate surface area is 130 Å². The lowest BCUT2D eigenvalue weighted by Gasteiger charge is -2.19. The maximum absolute atomic E-state index is 12.4. The summed E-state index contributed by atoms with van der Waals surface area (Å²) in [6, 6.07) is 11.2. The molecular formula is C17H19ClN2O. The van der Waals surface area contributed by atoms with Crippen molar-refractivity contribution in [1.82, 2.24) is 0 Å². The quantitative estimate of drug-likeness (QED) is 0.878. The van der Waals surface area contributed by atoms with E-state index >= 15 is 0 Å². The second kappa shape index (κ2) is 6.19. The lowest BCUT2D eigenvalue weighted by molar-refractivity contribution is -0.117. The zero-order valence-corrected chi connectivity index (χ0v) is 13.2. The van der Waals surface area contributed by atoms with Crippen LogP contribution in [-0.4, -0.2) is 13.0 Å². The summed E-state index contributed by atoms with van der Waals surface area (Å²) in [5.74, 6) is -0.0211. The third-order valence-corrected chi connectivity index (χ3v) is 3.89. The SMILES string of the molecule is Cc1ccc(CC(=O)N(C)c2cc(Cl)ccc2N)cc1C. The summed E-state index contributed by atoms with van der Waals surface area (Å²) in [5.41, 5.74) is 10.5. The van der Waals surface area contributed by atoms with Crippen molar-refractivity contribution in [2.75, 3.05) is 17.7 Å². The number of nitrogen functional groups attached to an aromatic ring is 1. The number of nitrogens with two attached hydrogens (primary N) is 1. The number of benzene rings is 2. The largest absolute Gasteiger partial charge is 0.397 e. The van der Waals surface area contributed by atoms with E-state index in [9.17, 15) is 4.79 Å². The summed E-state index contributed by atoms with van der Waals surface area (Å²) in [6.07, 6.45) is 0.337. The number of anilines is 2. The van der Waals surface area contributed by atoms with Crippen molar-refractivity contribution in [2.45, 2.75) is 20.3 Å². The number of rotatable bonds is 3. The molecule has 2 aromatic rings. The smallest absolute Gasteiger partial charge is 0.231 e. The second-order valence-electron chi connectivity index (χ2n) is 5.25. The highest BCUT2D eigenvalue weighted by atomic mass is 35.5. The highest BCUT2D eigenvalue weighted by Gasteiger charge is 2.14. The molecule has 0 fully saturated rings. The lowest BCUT2D eigenvalue weighted by atomic mass is 10.0. The fourth-order valence-corrected chi connectivity index (χ4v) is 2.31. The van der Waals surface area contributed by atoms with E-state index in [2.05, 4.69) is 6.92 Å². The Morgan fingerprint density at radius 2 is 1.86 bits per heavy atom. The van der Waals surface area contributed by atoms with Crippen LogP contribution in [0.4, 0.5) is 11.4 Å². The summed E-state index contributed by atoms with van der Waals surface area (Å²) in [5, 5.41) is 0.560. The highest BCUT2D eigenvalue weighted by molar-refractivity contribution is 6.31. The van der Waals surface area contributed by atoms with Crippen LogP contribution >= 0.6 is 11.6 Å². The zero-order valence-electron chi connectivity index (χ0n) is 12.5. The van der Waals surface area contributed by atoms with Crippen molar-refractivity contribution < 1.29 is 4.79 Å². The van der Waals surface area contributed by atoms with E-state index in [-0.39, 0.29) is 5.91 Å². The number of carbonyl (C=O) groups excluding carboxylic acids is 1. The van der Waals surface area contributed by atoms with Crippen molar-refractivity contribution >= 4 is 28.9 Å². The maximum Gasteiger partial charge on any atom is 0.231 e. The van der Waals surface area contributed by atoms with E-state index in [0.717, 1.165) is 5.56 Å². The summed E-state index contributed by atoms with van der Waals surface area (Å²) in [7, 11) is 1.71. The van der Waals surface area contributed by atoms with Gasteiger partial charge < -0.3 is 10.6 Å². The van der Waals surface area contributed by atoms with E-state index in [1.807, 2.05) is 25.1 Å². The first-order valence-corrected chi connectivity index (χ1v) is 7.14. The summed E-state index contributed by atoms with van der Waals surface area (Å²) in [4.78, 5) is 14.0. The topological polar surface area (TPSA) is 46.3 Å². The standard InChI is InChI=1S/C17H19ClN2O/c1-11-4-5-13(8-12(11)2)9-17(21)20(3)16-10-14(18)6-7-15(16)19/h4-8,10H,9,19H2,1-3H3. The molecule has 0 aliphatic rings. The van der Waals surface area contributed by atoms with Crippen LogP contribution in [0.1, 0.15) is 16.7 Å². The molecule has 0 radical (unpaired) electrons. The maximum atomic E-state index is 12.4. The molecule has 0 spiro atoms. The third-order valence-electron chi connectivity index (χ3n) is 3.65. The molecule has 21 heavy (non-hydrogen) atoms. The van der Waals surface area contributed by atoms with Gasteiger partial charge in [0.15, 0.2) is 0 Å². The number of nitrogens with zero attached hydrogens (tertiary/aromatic N) is 1. The van der Waals surface area contributed by atoms with E-state index < -0.39 is 0 Å². The fourth-order valence-electron chi connectivity index (χ4n) is 2.15. The van der Waals surface area contributed by atoms with Crippen LogP contribution in [0.2, 0.25) is 5.02 Å². The number of carbonyl (C=O) groups is 1. The Kier molecular flexibility index (Phi) is 4.53. The predicted octanol–water partition coefficient (Wildman–Crippen LogP) is 3.74. The number of aryl methyl sites for hydroxylation is 2. The molecule has 2 N–H and O–H groups in total. The van der Waals surface area contributed by atoms with Gasteiger partial charge >= 0.3 is 0 Å². The minimum absolute atomic E-state index is 0.0211. The van der Waals surface area contributed by atoms with Crippen LogP contribution in [0.15, 0.2) is 36.4 Å². The molecule has 0 unspecified atom stereocenters. The molecular weight excluding hydrogens is 284 g/mol. The predicted molar refractivity (Wildman–Crippen MR) is 88.9 cm³/mol. The third kappa shape index (κ3) is 3.56. The van der Waals surface area contributed by atoms with Gasteiger partial charge in [-0.3, -0.25) is 4.79 Å². The molecule has 4 heteroatoms. The second-order valence-corrected chi connectivity index (χ2v) is 5.69. The average Bonchev–Trinajstić information content (AvgIpc) is 2.44. The van der Waals surface area contributed by atoms with Crippen molar-refractivity contribution in [2.24, 2.45) is 0 Å². The monoisotopic (exact) mass is 302 g/mol. The Bertz CT molecular complexity index is 682. The van der Waals surface area contributed by atoms with Gasteiger partial charge in [0, 0.05) is 12.1 Å². The number of hydrogen-bond acceptors (Lipinski definition) is 2. The molecule has 0 aliphatic carbocycles. The van der Waals surface area contributed by atoms with Gasteiger partial charge in [0.2, 0.25) is 5.91 Å². The van der Waals surface area contributed by atoms with Gasteiger partial charge in [-0.25, -0.2) is 0 Å². The minimum atomic E-state index is -0.0211. The van der Waals surface area contributed by atoms with Gasteiger partial charge in [0.1, 0.15) is 0 Å². The van der Waals surface area contributed by atoms with E-state index in [4.69, 9.17) is 17.3 Å². The van der Waals surface area contributed by atoms with Crippen LogP contribution in [0.25, 0.3) is 0 Å². The Morgan fingerprint density at radius 1 is 1.14 bits per heavy atom. The van der Waals surface area contributed by atoms with Gasteiger partial charge in [0.05, 0.1) is 17.8 Å². The summed E-state index contributed by atoms with van der Waals surface area (Å²) >= 11 is 5.97. The van der Waals surface area contributed by atoms with Crippen LogP contribution < -0.4 is 10.6 Å². The normalized spacial score (nSPS) is 10.5. The molecule has 110 valence electrons. The molecule has 0 saturated carbocycles. The molecule has 3 nitrogen and oxygen atoms in total. The molecule has 2 rings (SSSR count). The minimum Gasteiger partial charge on any atom is -0.397 e. The molecule has 0 bridgehead atoms. The molecule has 0 aromatic heterocycles.